The molecule has 82 valence electrons. The molecule has 0 aromatic heterocycles. The Balaban J connectivity index is 2.11. The van der Waals surface area contributed by atoms with Crippen LogP contribution in [0.5, 0.6) is 0 Å². The van der Waals surface area contributed by atoms with Gasteiger partial charge in [0.1, 0.15) is 0 Å². The van der Waals surface area contributed by atoms with Gasteiger partial charge >= 0.3 is 0 Å². The van der Waals surface area contributed by atoms with Gasteiger partial charge in [0.2, 0.25) is 0 Å². The second-order valence-electron chi connectivity index (χ2n) is 4.48. The predicted molar refractivity (Wildman–Crippen MR) is 64.9 cm³/mol. The molecule has 0 saturated heterocycles. The molecule has 0 aliphatic heterocycles. The van der Waals surface area contributed by atoms with Crippen LogP contribution in [0.2, 0.25) is 0 Å². The summed E-state index contributed by atoms with van der Waals surface area (Å²) < 4.78 is 0. The van der Waals surface area contributed by atoms with E-state index in [1.807, 2.05) is 0 Å². The van der Waals surface area contributed by atoms with Gasteiger partial charge in [0.25, 0.3) is 0 Å². The molecule has 15 heavy (non-hydrogen) atoms. The van der Waals surface area contributed by atoms with Crippen LogP contribution in [-0.4, -0.2) is 6.04 Å². The van der Waals surface area contributed by atoms with Gasteiger partial charge in [-0.05, 0) is 37.0 Å². The quantitative estimate of drug-likeness (QED) is 0.794. The fraction of sp³-hybridized carbons (Fsp3) is 0.538. The minimum Gasteiger partial charge on any atom is -0.382 e. The third kappa shape index (κ3) is 2.51. The molecular weight excluding hydrogens is 184 g/mol. The Bertz CT molecular complexity index is 327. The van der Waals surface area contributed by atoms with Crippen LogP contribution in [0.25, 0.3) is 0 Å². The first-order valence-electron chi connectivity index (χ1n) is 5.86. The second kappa shape index (κ2) is 4.67. The zero-order chi connectivity index (χ0) is 10.7. The predicted octanol–water partition coefficient (Wildman–Crippen LogP) is 2.81. The third-order valence-corrected chi connectivity index (χ3v) is 3.25. The van der Waals surface area contributed by atoms with E-state index in [0.29, 0.717) is 12.6 Å². The molecule has 0 radical (unpaired) electrons. The van der Waals surface area contributed by atoms with E-state index in [1.165, 1.54) is 42.5 Å². The lowest BCUT2D eigenvalue weighted by Crippen LogP contribution is -2.15. The highest BCUT2D eigenvalue weighted by Crippen LogP contribution is 2.24. The van der Waals surface area contributed by atoms with Gasteiger partial charge in [0.15, 0.2) is 0 Å². The standard InChI is InChI=1S/C13H20N2/c1-10-6-7-11(9-14)8-13(10)15-12-4-2-3-5-12/h6-8,12,15H,2-5,9,14H2,1H3. The summed E-state index contributed by atoms with van der Waals surface area (Å²) in [5.74, 6) is 0. The van der Waals surface area contributed by atoms with Crippen molar-refractivity contribution in [3.05, 3.63) is 29.3 Å². The summed E-state index contributed by atoms with van der Waals surface area (Å²) in [6.45, 7) is 2.78. The monoisotopic (exact) mass is 204 g/mol. The number of hydrogen-bond donors (Lipinski definition) is 2. The first kappa shape index (κ1) is 10.5. The Morgan fingerprint density at radius 2 is 2.07 bits per heavy atom. The largest absolute Gasteiger partial charge is 0.382 e. The molecule has 2 rings (SSSR count). The van der Waals surface area contributed by atoms with E-state index in [-0.39, 0.29) is 0 Å². The van der Waals surface area contributed by atoms with Crippen molar-refractivity contribution in [2.24, 2.45) is 5.73 Å². The van der Waals surface area contributed by atoms with Crippen LogP contribution in [0.4, 0.5) is 5.69 Å². The molecule has 0 spiro atoms. The van der Waals surface area contributed by atoms with E-state index in [1.54, 1.807) is 0 Å². The molecule has 0 atom stereocenters. The Labute approximate surface area is 91.9 Å². The van der Waals surface area contributed by atoms with E-state index < -0.39 is 0 Å². The highest BCUT2D eigenvalue weighted by Gasteiger charge is 2.15. The first-order valence-corrected chi connectivity index (χ1v) is 5.86. The SMILES string of the molecule is Cc1ccc(CN)cc1NC1CCCC1. The highest BCUT2D eigenvalue weighted by molar-refractivity contribution is 5.53. The lowest BCUT2D eigenvalue weighted by Gasteiger charge is -2.16. The summed E-state index contributed by atoms with van der Waals surface area (Å²) in [6, 6.07) is 7.12. The van der Waals surface area contributed by atoms with Gasteiger partial charge in [-0.3, -0.25) is 0 Å². The lowest BCUT2D eigenvalue weighted by molar-refractivity contribution is 0.754. The highest BCUT2D eigenvalue weighted by atomic mass is 14.9. The van der Waals surface area contributed by atoms with Crippen LogP contribution in [0.15, 0.2) is 18.2 Å². The summed E-state index contributed by atoms with van der Waals surface area (Å²) in [5.41, 5.74) is 9.45. The van der Waals surface area contributed by atoms with E-state index >= 15 is 0 Å². The molecule has 0 bridgehead atoms. The zero-order valence-corrected chi connectivity index (χ0v) is 9.42. The number of nitrogens with two attached hydrogens (primary N) is 1. The summed E-state index contributed by atoms with van der Waals surface area (Å²) >= 11 is 0. The average Bonchev–Trinajstić information content (AvgIpc) is 2.74. The zero-order valence-electron chi connectivity index (χ0n) is 9.42. The van der Waals surface area contributed by atoms with Crippen LogP contribution in [0, 0.1) is 6.92 Å². The van der Waals surface area contributed by atoms with Crippen molar-refractivity contribution in [1.82, 2.24) is 0 Å². The Morgan fingerprint density at radius 3 is 2.73 bits per heavy atom. The van der Waals surface area contributed by atoms with Crippen molar-refractivity contribution in [3.63, 3.8) is 0 Å². The van der Waals surface area contributed by atoms with E-state index in [2.05, 4.69) is 30.4 Å². The summed E-state index contributed by atoms with van der Waals surface area (Å²) in [6.07, 6.45) is 5.36. The van der Waals surface area contributed by atoms with Crippen LogP contribution in [0.1, 0.15) is 36.8 Å². The maximum absolute atomic E-state index is 5.65. The van der Waals surface area contributed by atoms with Crippen LogP contribution in [-0.2, 0) is 6.54 Å². The number of hydrogen-bond acceptors (Lipinski definition) is 2. The van der Waals surface area contributed by atoms with Crippen molar-refractivity contribution in [2.45, 2.75) is 45.2 Å². The van der Waals surface area contributed by atoms with Crippen molar-refractivity contribution >= 4 is 5.69 Å². The van der Waals surface area contributed by atoms with Crippen LogP contribution in [0.3, 0.4) is 0 Å². The van der Waals surface area contributed by atoms with Gasteiger partial charge in [-0.2, -0.15) is 0 Å². The lowest BCUT2D eigenvalue weighted by atomic mass is 10.1. The molecule has 1 aromatic rings. The normalized spacial score (nSPS) is 16.9. The molecule has 1 saturated carbocycles. The molecule has 1 fully saturated rings. The van der Waals surface area contributed by atoms with Gasteiger partial charge in [0.05, 0.1) is 0 Å². The number of aryl methyl sites for hydroxylation is 1. The fourth-order valence-electron chi connectivity index (χ4n) is 2.24. The number of nitrogens with one attached hydrogen (secondary N) is 1. The molecule has 0 unspecified atom stereocenters. The van der Waals surface area contributed by atoms with Crippen LogP contribution >= 0.6 is 0 Å². The minimum absolute atomic E-state index is 0.625. The maximum Gasteiger partial charge on any atom is 0.0375 e. The topological polar surface area (TPSA) is 38.0 Å². The molecule has 1 aliphatic rings. The molecule has 1 aliphatic carbocycles. The van der Waals surface area contributed by atoms with E-state index in [4.69, 9.17) is 5.73 Å². The van der Waals surface area contributed by atoms with Crippen molar-refractivity contribution in [2.75, 3.05) is 5.32 Å². The molecule has 3 N–H and O–H groups in total. The molecule has 0 amide bonds. The average molecular weight is 204 g/mol. The third-order valence-electron chi connectivity index (χ3n) is 3.25. The summed E-state index contributed by atoms with van der Waals surface area (Å²) in [4.78, 5) is 0. The van der Waals surface area contributed by atoms with Crippen molar-refractivity contribution in [1.29, 1.82) is 0 Å². The summed E-state index contributed by atoms with van der Waals surface area (Å²) in [7, 11) is 0. The molecular formula is C13H20N2. The Morgan fingerprint density at radius 1 is 1.33 bits per heavy atom. The van der Waals surface area contributed by atoms with Crippen LogP contribution < -0.4 is 11.1 Å². The molecule has 1 aromatic carbocycles. The van der Waals surface area contributed by atoms with Gasteiger partial charge in [-0.15, -0.1) is 0 Å². The molecule has 2 nitrogen and oxygen atoms in total. The Kier molecular flexibility index (Phi) is 3.27. The van der Waals surface area contributed by atoms with Gasteiger partial charge < -0.3 is 11.1 Å². The van der Waals surface area contributed by atoms with E-state index in [9.17, 15) is 0 Å². The first-order chi connectivity index (χ1) is 7.29. The van der Waals surface area contributed by atoms with Crippen molar-refractivity contribution in [3.8, 4) is 0 Å². The molecule has 2 heteroatoms. The number of rotatable bonds is 3. The maximum atomic E-state index is 5.65. The van der Waals surface area contributed by atoms with Gasteiger partial charge in [0, 0.05) is 18.3 Å². The summed E-state index contributed by atoms with van der Waals surface area (Å²) in [5, 5.41) is 3.63. The second-order valence-corrected chi connectivity index (χ2v) is 4.48. The van der Waals surface area contributed by atoms with Crippen molar-refractivity contribution < 1.29 is 0 Å². The Hall–Kier alpha value is -1.02. The van der Waals surface area contributed by atoms with E-state index in [0.717, 1.165) is 0 Å². The molecule has 0 heterocycles. The minimum atomic E-state index is 0.625. The number of anilines is 1. The van der Waals surface area contributed by atoms with Gasteiger partial charge in [-0.1, -0.05) is 25.0 Å². The fourth-order valence-corrected chi connectivity index (χ4v) is 2.24. The number of benzene rings is 1. The van der Waals surface area contributed by atoms with Gasteiger partial charge in [-0.25, -0.2) is 0 Å². The smallest absolute Gasteiger partial charge is 0.0375 e.